The molecule has 4 aliphatic rings. The normalized spacial score (nSPS) is 38.2. The molecule has 0 amide bonds. The van der Waals surface area contributed by atoms with Gasteiger partial charge < -0.3 is 5.32 Å². The highest BCUT2D eigenvalue weighted by Crippen LogP contribution is 2.56. The van der Waals surface area contributed by atoms with E-state index in [9.17, 15) is 0 Å². The van der Waals surface area contributed by atoms with E-state index in [0.29, 0.717) is 5.54 Å². The molecule has 0 heterocycles. The second-order valence-electron chi connectivity index (χ2n) is 8.07. The van der Waals surface area contributed by atoms with Crippen molar-refractivity contribution in [2.24, 2.45) is 17.8 Å². The summed E-state index contributed by atoms with van der Waals surface area (Å²) in [5.41, 5.74) is 6.08. The van der Waals surface area contributed by atoms with Crippen LogP contribution in [-0.2, 0) is 0 Å². The summed E-state index contributed by atoms with van der Waals surface area (Å²) in [7, 11) is 0. The van der Waals surface area contributed by atoms with Gasteiger partial charge in [0, 0.05) is 11.2 Å². The maximum absolute atomic E-state index is 4.02. The Kier molecular flexibility index (Phi) is 2.71. The van der Waals surface area contributed by atoms with E-state index in [1.165, 1.54) is 60.9 Å². The standard InChI is InChI=1S/C19H27N/c1-12-4-14(3)18(5-13(12)2)20-19-9-15-6-16(10-19)8-17(7-15)11-19/h4-5,15-17,20H,6-11H2,1-3H3. The van der Waals surface area contributed by atoms with Crippen LogP contribution < -0.4 is 5.32 Å². The van der Waals surface area contributed by atoms with Crippen molar-refractivity contribution in [3.8, 4) is 0 Å². The highest BCUT2D eigenvalue weighted by molar-refractivity contribution is 5.56. The molecule has 1 aromatic rings. The lowest BCUT2D eigenvalue weighted by atomic mass is 9.53. The van der Waals surface area contributed by atoms with Gasteiger partial charge in [-0.05, 0) is 99.8 Å². The summed E-state index contributed by atoms with van der Waals surface area (Å²) in [6.45, 7) is 6.71. The van der Waals surface area contributed by atoms with Gasteiger partial charge in [0.1, 0.15) is 0 Å². The Bertz CT molecular complexity index is 508. The van der Waals surface area contributed by atoms with E-state index in [0.717, 1.165) is 17.8 Å². The van der Waals surface area contributed by atoms with E-state index in [1.54, 1.807) is 0 Å². The van der Waals surface area contributed by atoms with Crippen LogP contribution in [0.1, 0.15) is 55.2 Å². The Hall–Kier alpha value is -0.980. The lowest BCUT2D eigenvalue weighted by molar-refractivity contribution is 0.0107. The van der Waals surface area contributed by atoms with E-state index in [2.05, 4.69) is 38.2 Å². The first-order chi connectivity index (χ1) is 9.53. The summed E-state index contributed by atoms with van der Waals surface area (Å²) in [5, 5.41) is 4.02. The lowest BCUT2D eigenvalue weighted by Gasteiger charge is -2.57. The Morgan fingerprint density at radius 1 is 0.800 bits per heavy atom. The lowest BCUT2D eigenvalue weighted by Crippen LogP contribution is -2.54. The Morgan fingerprint density at radius 2 is 1.30 bits per heavy atom. The Morgan fingerprint density at radius 3 is 1.85 bits per heavy atom. The summed E-state index contributed by atoms with van der Waals surface area (Å²) >= 11 is 0. The van der Waals surface area contributed by atoms with E-state index in [1.807, 2.05) is 0 Å². The molecule has 20 heavy (non-hydrogen) atoms. The van der Waals surface area contributed by atoms with Gasteiger partial charge in [0.15, 0.2) is 0 Å². The maximum Gasteiger partial charge on any atom is 0.0381 e. The molecular formula is C19H27N. The first-order valence-electron chi connectivity index (χ1n) is 8.39. The fourth-order valence-electron chi connectivity index (χ4n) is 5.64. The minimum absolute atomic E-state index is 0.432. The first kappa shape index (κ1) is 12.7. The molecule has 4 bridgehead atoms. The molecule has 4 fully saturated rings. The van der Waals surface area contributed by atoms with Gasteiger partial charge in [-0.15, -0.1) is 0 Å². The third-order valence-electron chi connectivity index (χ3n) is 6.28. The van der Waals surface area contributed by atoms with Gasteiger partial charge in [-0.1, -0.05) is 6.07 Å². The molecule has 0 unspecified atom stereocenters. The van der Waals surface area contributed by atoms with E-state index >= 15 is 0 Å². The number of benzene rings is 1. The van der Waals surface area contributed by atoms with Crippen molar-refractivity contribution in [2.75, 3.05) is 5.32 Å². The molecular weight excluding hydrogens is 242 g/mol. The highest BCUT2D eigenvalue weighted by atomic mass is 15.0. The van der Waals surface area contributed by atoms with Crippen molar-refractivity contribution < 1.29 is 0 Å². The summed E-state index contributed by atoms with van der Waals surface area (Å²) < 4.78 is 0. The van der Waals surface area contributed by atoms with Crippen LogP contribution in [0.3, 0.4) is 0 Å². The van der Waals surface area contributed by atoms with Crippen LogP contribution in [-0.4, -0.2) is 5.54 Å². The smallest absolute Gasteiger partial charge is 0.0381 e. The van der Waals surface area contributed by atoms with E-state index in [-0.39, 0.29) is 0 Å². The van der Waals surface area contributed by atoms with Gasteiger partial charge in [0.2, 0.25) is 0 Å². The van der Waals surface area contributed by atoms with Crippen LogP contribution in [0.4, 0.5) is 5.69 Å². The van der Waals surface area contributed by atoms with Gasteiger partial charge >= 0.3 is 0 Å². The zero-order valence-corrected chi connectivity index (χ0v) is 13.1. The number of hydrogen-bond donors (Lipinski definition) is 1. The van der Waals surface area contributed by atoms with Crippen molar-refractivity contribution in [1.29, 1.82) is 0 Å². The maximum atomic E-state index is 4.02. The third kappa shape index (κ3) is 1.98. The predicted molar refractivity (Wildman–Crippen MR) is 85.2 cm³/mol. The predicted octanol–water partition coefficient (Wildman–Crippen LogP) is 4.99. The monoisotopic (exact) mass is 269 g/mol. The molecule has 0 aliphatic heterocycles. The average molecular weight is 269 g/mol. The first-order valence-corrected chi connectivity index (χ1v) is 8.39. The van der Waals surface area contributed by atoms with Crippen LogP contribution in [0.15, 0.2) is 12.1 Å². The van der Waals surface area contributed by atoms with Crippen molar-refractivity contribution in [1.82, 2.24) is 0 Å². The minimum atomic E-state index is 0.432. The van der Waals surface area contributed by atoms with Crippen LogP contribution in [0, 0.1) is 38.5 Å². The molecule has 0 atom stereocenters. The SMILES string of the molecule is Cc1cc(C)c(NC23CC4CC(CC(C4)C2)C3)cc1C. The molecule has 0 radical (unpaired) electrons. The van der Waals surface area contributed by atoms with Crippen LogP contribution in [0.5, 0.6) is 0 Å². The van der Waals surface area contributed by atoms with Gasteiger partial charge in [-0.2, -0.15) is 0 Å². The number of nitrogens with one attached hydrogen (secondary N) is 1. The van der Waals surface area contributed by atoms with Crippen LogP contribution >= 0.6 is 0 Å². The van der Waals surface area contributed by atoms with Gasteiger partial charge in [0.05, 0.1) is 0 Å². The second-order valence-corrected chi connectivity index (χ2v) is 8.07. The number of rotatable bonds is 2. The summed E-state index contributed by atoms with van der Waals surface area (Å²) in [6, 6.07) is 4.72. The Labute approximate surface area is 123 Å². The molecule has 5 rings (SSSR count). The molecule has 1 nitrogen and oxygen atoms in total. The quantitative estimate of drug-likeness (QED) is 0.797. The second kappa shape index (κ2) is 4.26. The highest BCUT2D eigenvalue weighted by Gasteiger charge is 2.50. The zero-order valence-electron chi connectivity index (χ0n) is 13.1. The summed E-state index contributed by atoms with van der Waals surface area (Å²) in [6.07, 6.45) is 8.83. The van der Waals surface area contributed by atoms with Crippen molar-refractivity contribution in [3.05, 3.63) is 28.8 Å². The summed E-state index contributed by atoms with van der Waals surface area (Å²) in [5.74, 6) is 3.04. The zero-order chi connectivity index (χ0) is 13.9. The molecule has 1 aromatic carbocycles. The molecule has 1 N–H and O–H groups in total. The third-order valence-corrected chi connectivity index (χ3v) is 6.28. The minimum Gasteiger partial charge on any atom is -0.379 e. The molecule has 0 spiro atoms. The molecule has 4 saturated carbocycles. The van der Waals surface area contributed by atoms with E-state index in [4.69, 9.17) is 0 Å². The molecule has 4 aliphatic carbocycles. The molecule has 1 heteroatoms. The summed E-state index contributed by atoms with van der Waals surface area (Å²) in [4.78, 5) is 0. The Balaban J connectivity index is 1.64. The molecule has 108 valence electrons. The van der Waals surface area contributed by atoms with Gasteiger partial charge in [0.25, 0.3) is 0 Å². The number of anilines is 1. The molecule has 0 saturated heterocycles. The molecule has 0 aromatic heterocycles. The number of hydrogen-bond acceptors (Lipinski definition) is 1. The van der Waals surface area contributed by atoms with Crippen LogP contribution in [0.25, 0.3) is 0 Å². The van der Waals surface area contributed by atoms with Gasteiger partial charge in [-0.25, -0.2) is 0 Å². The fourth-order valence-corrected chi connectivity index (χ4v) is 5.64. The fraction of sp³-hybridized carbons (Fsp3) is 0.684. The largest absolute Gasteiger partial charge is 0.379 e. The van der Waals surface area contributed by atoms with Gasteiger partial charge in [-0.3, -0.25) is 0 Å². The van der Waals surface area contributed by atoms with Crippen molar-refractivity contribution in [3.63, 3.8) is 0 Å². The van der Waals surface area contributed by atoms with Crippen LogP contribution in [0.2, 0.25) is 0 Å². The van der Waals surface area contributed by atoms with Crippen molar-refractivity contribution >= 4 is 5.69 Å². The topological polar surface area (TPSA) is 12.0 Å². The van der Waals surface area contributed by atoms with Crippen molar-refractivity contribution in [2.45, 2.75) is 64.8 Å². The van der Waals surface area contributed by atoms with E-state index < -0.39 is 0 Å². The average Bonchev–Trinajstić information content (AvgIpc) is 2.34. The number of aryl methyl sites for hydroxylation is 3.